The maximum atomic E-state index is 9.92. The lowest BCUT2D eigenvalue weighted by Crippen LogP contribution is -2.13. The lowest BCUT2D eigenvalue weighted by molar-refractivity contribution is 0.470. The first kappa shape index (κ1) is 13.7. The van der Waals surface area contributed by atoms with Gasteiger partial charge in [0.15, 0.2) is 5.75 Å². The molecule has 0 aliphatic carbocycles. The molecule has 90 valence electrons. The van der Waals surface area contributed by atoms with Crippen LogP contribution in [0.1, 0.15) is 51.7 Å². The van der Waals surface area contributed by atoms with E-state index in [1.165, 1.54) is 0 Å². The minimum absolute atomic E-state index is 0.000502. The molecule has 0 spiro atoms. The summed E-state index contributed by atoms with van der Waals surface area (Å²) in [6.45, 7) is 10.3. The number of phenols is 1. The average molecular weight is 261 g/mol. The van der Waals surface area contributed by atoms with Gasteiger partial charge in [0, 0.05) is 0 Å². The van der Waals surface area contributed by atoms with Crippen molar-refractivity contribution in [1.29, 1.82) is 0 Å². The summed E-state index contributed by atoms with van der Waals surface area (Å²) in [6, 6.07) is 2.00. The Hall–Kier alpha value is -0.400. The number of hydrogen-bond acceptors (Lipinski definition) is 1. The second kappa shape index (κ2) is 4.46. The maximum Gasteiger partial charge on any atom is 0.153 e. The van der Waals surface area contributed by atoms with Crippen LogP contribution in [0.15, 0.2) is 6.07 Å². The standard InChI is InChI=1S/C13H18Cl2O/c1-7(2)8-6-9(13(3,4)5)11(15)12(16)10(8)14/h6-7,16H,1-5H3. The summed E-state index contributed by atoms with van der Waals surface area (Å²) in [5.74, 6) is 0.260. The summed E-state index contributed by atoms with van der Waals surface area (Å²) in [6.07, 6.45) is 0. The van der Waals surface area contributed by atoms with Gasteiger partial charge in [-0.3, -0.25) is 0 Å². The molecule has 0 amide bonds. The third kappa shape index (κ3) is 2.46. The van der Waals surface area contributed by atoms with Crippen LogP contribution in [0, 0.1) is 0 Å². The Morgan fingerprint density at radius 2 is 1.62 bits per heavy atom. The van der Waals surface area contributed by atoms with E-state index in [9.17, 15) is 5.11 Å². The Kier molecular flexibility index (Phi) is 3.81. The highest BCUT2D eigenvalue weighted by Gasteiger charge is 2.24. The van der Waals surface area contributed by atoms with Crippen molar-refractivity contribution < 1.29 is 5.11 Å². The number of aromatic hydroxyl groups is 1. The lowest BCUT2D eigenvalue weighted by atomic mass is 9.84. The minimum Gasteiger partial charge on any atom is -0.505 e. The molecule has 1 N–H and O–H groups in total. The van der Waals surface area contributed by atoms with Gasteiger partial charge in [0.25, 0.3) is 0 Å². The molecule has 0 saturated heterocycles. The summed E-state index contributed by atoms with van der Waals surface area (Å²) in [4.78, 5) is 0. The number of phenolic OH excluding ortho intramolecular Hbond substituents is 1. The molecule has 0 bridgehead atoms. The van der Waals surface area contributed by atoms with E-state index in [-0.39, 0.29) is 17.1 Å². The van der Waals surface area contributed by atoms with Gasteiger partial charge in [-0.05, 0) is 22.5 Å². The normalized spacial score (nSPS) is 12.2. The topological polar surface area (TPSA) is 20.2 Å². The zero-order chi connectivity index (χ0) is 12.7. The first-order valence-corrected chi connectivity index (χ1v) is 6.13. The second-order valence-electron chi connectivity index (χ2n) is 5.39. The molecule has 0 radical (unpaired) electrons. The summed E-state index contributed by atoms with van der Waals surface area (Å²) in [5, 5.41) is 10.6. The molecule has 0 fully saturated rings. The van der Waals surface area contributed by atoms with Gasteiger partial charge in [0.2, 0.25) is 0 Å². The SMILES string of the molecule is CC(C)c1cc(C(C)(C)C)c(Cl)c(O)c1Cl. The van der Waals surface area contributed by atoms with Crippen molar-refractivity contribution in [3.8, 4) is 5.75 Å². The Morgan fingerprint density at radius 1 is 1.12 bits per heavy atom. The van der Waals surface area contributed by atoms with Crippen molar-refractivity contribution in [2.24, 2.45) is 0 Å². The number of benzene rings is 1. The molecule has 1 aromatic rings. The molecule has 1 aromatic carbocycles. The molecule has 0 aliphatic heterocycles. The predicted octanol–water partition coefficient (Wildman–Crippen LogP) is 5.12. The van der Waals surface area contributed by atoms with Crippen LogP contribution in [0.3, 0.4) is 0 Å². The van der Waals surface area contributed by atoms with Crippen molar-refractivity contribution in [1.82, 2.24) is 0 Å². The smallest absolute Gasteiger partial charge is 0.153 e. The number of halogens is 2. The summed E-state index contributed by atoms with van der Waals surface area (Å²) in [5.41, 5.74) is 1.76. The molecule has 0 saturated carbocycles. The third-order valence-electron chi connectivity index (χ3n) is 2.64. The largest absolute Gasteiger partial charge is 0.505 e. The highest BCUT2D eigenvalue weighted by atomic mass is 35.5. The van der Waals surface area contributed by atoms with Gasteiger partial charge in [-0.25, -0.2) is 0 Å². The second-order valence-corrected chi connectivity index (χ2v) is 6.15. The molecule has 0 aliphatic rings. The fourth-order valence-corrected chi connectivity index (χ4v) is 2.46. The fourth-order valence-electron chi connectivity index (χ4n) is 1.61. The Bertz CT molecular complexity index is 403. The van der Waals surface area contributed by atoms with Crippen LogP contribution in [0.2, 0.25) is 10.0 Å². The third-order valence-corrected chi connectivity index (χ3v) is 3.42. The average Bonchev–Trinajstić information content (AvgIpc) is 2.11. The lowest BCUT2D eigenvalue weighted by Gasteiger charge is -2.24. The first-order chi connectivity index (χ1) is 7.16. The van der Waals surface area contributed by atoms with Crippen molar-refractivity contribution in [2.75, 3.05) is 0 Å². The highest BCUT2D eigenvalue weighted by molar-refractivity contribution is 6.38. The molecule has 0 atom stereocenters. The molecular weight excluding hydrogens is 243 g/mol. The van der Waals surface area contributed by atoms with E-state index in [0.29, 0.717) is 10.0 Å². The Labute approximate surface area is 107 Å². The van der Waals surface area contributed by atoms with E-state index in [1.54, 1.807) is 0 Å². The van der Waals surface area contributed by atoms with Crippen LogP contribution in [-0.4, -0.2) is 5.11 Å². The van der Waals surface area contributed by atoms with Crippen molar-refractivity contribution in [3.05, 3.63) is 27.2 Å². The van der Waals surface area contributed by atoms with E-state index < -0.39 is 0 Å². The molecule has 1 nitrogen and oxygen atoms in total. The van der Waals surface area contributed by atoms with Crippen LogP contribution >= 0.6 is 23.2 Å². The van der Waals surface area contributed by atoms with Gasteiger partial charge in [-0.1, -0.05) is 63.9 Å². The van der Waals surface area contributed by atoms with Gasteiger partial charge in [-0.15, -0.1) is 0 Å². The van der Waals surface area contributed by atoms with Gasteiger partial charge in [0.05, 0.1) is 10.0 Å². The summed E-state index contributed by atoms with van der Waals surface area (Å²) >= 11 is 12.2. The predicted molar refractivity (Wildman–Crippen MR) is 70.9 cm³/mol. The first-order valence-electron chi connectivity index (χ1n) is 5.37. The zero-order valence-electron chi connectivity index (χ0n) is 10.4. The number of rotatable bonds is 1. The van der Waals surface area contributed by atoms with Crippen LogP contribution in [0.4, 0.5) is 0 Å². The monoisotopic (exact) mass is 260 g/mol. The zero-order valence-corrected chi connectivity index (χ0v) is 11.9. The van der Waals surface area contributed by atoms with Crippen LogP contribution in [-0.2, 0) is 5.41 Å². The van der Waals surface area contributed by atoms with Crippen molar-refractivity contribution in [3.63, 3.8) is 0 Å². The summed E-state index contributed by atoms with van der Waals surface area (Å²) < 4.78 is 0. The minimum atomic E-state index is -0.108. The van der Waals surface area contributed by atoms with Gasteiger partial charge in [0.1, 0.15) is 0 Å². The van der Waals surface area contributed by atoms with Crippen molar-refractivity contribution >= 4 is 23.2 Å². The molecule has 16 heavy (non-hydrogen) atoms. The van der Waals surface area contributed by atoms with Crippen molar-refractivity contribution in [2.45, 2.75) is 46.0 Å². The maximum absolute atomic E-state index is 9.92. The van der Waals surface area contributed by atoms with E-state index in [2.05, 4.69) is 20.8 Å². The molecule has 1 rings (SSSR count). The Balaban J connectivity index is 3.54. The fraction of sp³-hybridized carbons (Fsp3) is 0.538. The molecule has 0 heterocycles. The van der Waals surface area contributed by atoms with Crippen LogP contribution in [0.5, 0.6) is 5.75 Å². The van der Waals surface area contributed by atoms with Gasteiger partial charge in [-0.2, -0.15) is 0 Å². The van der Waals surface area contributed by atoms with Gasteiger partial charge < -0.3 is 5.11 Å². The van der Waals surface area contributed by atoms with Crippen LogP contribution < -0.4 is 0 Å². The van der Waals surface area contributed by atoms with Gasteiger partial charge >= 0.3 is 0 Å². The van der Waals surface area contributed by atoms with E-state index in [0.717, 1.165) is 11.1 Å². The summed E-state index contributed by atoms with van der Waals surface area (Å²) in [7, 11) is 0. The Morgan fingerprint density at radius 3 is 2.00 bits per heavy atom. The molecule has 3 heteroatoms. The van der Waals surface area contributed by atoms with E-state index in [4.69, 9.17) is 23.2 Å². The quantitative estimate of drug-likeness (QED) is 0.743. The molecule has 0 unspecified atom stereocenters. The molecule has 0 aromatic heterocycles. The highest BCUT2D eigenvalue weighted by Crippen LogP contribution is 2.43. The molecular formula is C13H18Cl2O. The van der Waals surface area contributed by atoms with E-state index >= 15 is 0 Å². The number of hydrogen-bond donors (Lipinski definition) is 1. The van der Waals surface area contributed by atoms with Crippen LogP contribution in [0.25, 0.3) is 0 Å². The van der Waals surface area contributed by atoms with E-state index in [1.807, 2.05) is 19.9 Å².